The van der Waals surface area contributed by atoms with Crippen LogP contribution in [0, 0.1) is 11.3 Å². The molecule has 1 N–H and O–H groups in total. The molecule has 1 heterocycles. The highest BCUT2D eigenvalue weighted by atomic mass is 32.2. The lowest BCUT2D eigenvalue weighted by Gasteiger charge is -2.08. The van der Waals surface area contributed by atoms with Gasteiger partial charge in [0.25, 0.3) is 0 Å². The fraction of sp³-hybridized carbons (Fsp3) is 0.364. The first-order valence-corrected chi connectivity index (χ1v) is 6.79. The molecule has 6 heteroatoms. The predicted octanol–water partition coefficient (Wildman–Crippen LogP) is 1.33. The minimum Gasteiger partial charge on any atom is -0.609 e. The fourth-order valence-corrected chi connectivity index (χ4v) is 1.72. The van der Waals surface area contributed by atoms with Crippen molar-refractivity contribution in [1.82, 2.24) is 9.97 Å². The number of rotatable bonds is 4. The number of nitriles is 1. The molecule has 2 rings (SSSR count). The van der Waals surface area contributed by atoms with E-state index >= 15 is 0 Å². The maximum atomic E-state index is 11.3. The first-order valence-electron chi connectivity index (χ1n) is 5.24. The highest BCUT2D eigenvalue weighted by Crippen LogP contribution is 2.26. The molecule has 1 fully saturated rings. The molecule has 0 aliphatic heterocycles. The van der Waals surface area contributed by atoms with Crippen molar-refractivity contribution in [2.75, 3.05) is 11.6 Å². The molecule has 1 atom stereocenters. The van der Waals surface area contributed by atoms with Crippen LogP contribution in [-0.2, 0) is 11.2 Å². The van der Waals surface area contributed by atoms with Crippen LogP contribution >= 0.6 is 0 Å². The van der Waals surface area contributed by atoms with E-state index in [-0.39, 0.29) is 0 Å². The fourth-order valence-electron chi connectivity index (χ4n) is 1.30. The minimum absolute atomic E-state index is 0.308. The lowest BCUT2D eigenvalue weighted by molar-refractivity contribution is 0.592. The van der Waals surface area contributed by atoms with Crippen molar-refractivity contribution in [3.8, 4) is 6.07 Å². The molecule has 0 saturated heterocycles. The van der Waals surface area contributed by atoms with E-state index < -0.39 is 11.2 Å². The van der Waals surface area contributed by atoms with E-state index in [0.717, 1.165) is 18.4 Å². The normalized spacial score (nSPS) is 16.8. The number of nitrogens with zero attached hydrogens (tertiary/aromatic N) is 3. The van der Waals surface area contributed by atoms with Gasteiger partial charge in [0.1, 0.15) is 12.1 Å². The Labute approximate surface area is 103 Å². The molecule has 0 spiro atoms. The third-order valence-corrected chi connectivity index (χ3v) is 3.02. The van der Waals surface area contributed by atoms with Gasteiger partial charge in [-0.25, -0.2) is 0 Å². The summed E-state index contributed by atoms with van der Waals surface area (Å²) in [6.07, 6.45) is 8.39. The van der Waals surface area contributed by atoms with Crippen molar-refractivity contribution < 1.29 is 4.55 Å². The van der Waals surface area contributed by atoms with Gasteiger partial charge in [0, 0.05) is 35.1 Å². The molecule has 0 aromatic carbocycles. The van der Waals surface area contributed by atoms with Crippen molar-refractivity contribution >= 4 is 23.1 Å². The molecule has 17 heavy (non-hydrogen) atoms. The topological polar surface area (TPSA) is 84.7 Å². The maximum Gasteiger partial charge on any atom is 0.344 e. The summed E-state index contributed by atoms with van der Waals surface area (Å²) in [5.74, 6) is 0.652. The van der Waals surface area contributed by atoms with Crippen LogP contribution in [-0.4, -0.2) is 26.8 Å². The third-order valence-electron chi connectivity index (χ3n) is 2.31. The minimum atomic E-state index is -1.20. The SMILES string of the molecule is C[S+]([O-])c1ncc(/C=C/C#N)c(NC2CC2)n1. The molecule has 1 aromatic heterocycles. The van der Waals surface area contributed by atoms with Crippen molar-refractivity contribution in [2.24, 2.45) is 0 Å². The maximum absolute atomic E-state index is 11.3. The van der Waals surface area contributed by atoms with Gasteiger partial charge in [0.2, 0.25) is 0 Å². The summed E-state index contributed by atoms with van der Waals surface area (Å²) in [4.78, 5) is 8.23. The Morgan fingerprint density at radius 3 is 3.00 bits per heavy atom. The van der Waals surface area contributed by atoms with E-state index in [9.17, 15) is 4.55 Å². The molecule has 1 aliphatic rings. The van der Waals surface area contributed by atoms with Gasteiger partial charge >= 0.3 is 5.16 Å². The molecule has 1 aliphatic carbocycles. The molecular formula is C11H12N4OS. The first-order chi connectivity index (χ1) is 8.20. The summed E-state index contributed by atoms with van der Waals surface area (Å²) in [6.45, 7) is 0. The van der Waals surface area contributed by atoms with Gasteiger partial charge in [-0.1, -0.05) is 0 Å². The number of allylic oxidation sites excluding steroid dienone is 1. The molecule has 88 valence electrons. The van der Waals surface area contributed by atoms with Crippen molar-refractivity contribution in [1.29, 1.82) is 5.26 Å². The zero-order valence-electron chi connectivity index (χ0n) is 9.38. The zero-order valence-corrected chi connectivity index (χ0v) is 10.2. The molecule has 1 aromatic rings. The summed E-state index contributed by atoms with van der Waals surface area (Å²) in [5.41, 5.74) is 0.743. The lowest BCUT2D eigenvalue weighted by atomic mass is 10.3. The number of nitrogens with one attached hydrogen (secondary N) is 1. The Morgan fingerprint density at radius 2 is 2.41 bits per heavy atom. The summed E-state index contributed by atoms with van der Waals surface area (Å²) in [5, 5.41) is 12.1. The number of hydrogen-bond acceptors (Lipinski definition) is 5. The van der Waals surface area contributed by atoms with Gasteiger partial charge in [-0.05, 0) is 18.9 Å². The Kier molecular flexibility index (Phi) is 3.61. The van der Waals surface area contributed by atoms with E-state index in [1.807, 2.05) is 6.07 Å². The summed E-state index contributed by atoms with van der Waals surface area (Å²) in [6, 6.07) is 2.37. The Bertz CT molecular complexity index is 477. The van der Waals surface area contributed by atoms with Crippen molar-refractivity contribution in [2.45, 2.75) is 24.0 Å². The quantitative estimate of drug-likeness (QED) is 0.493. The second-order valence-corrected chi connectivity index (χ2v) is 5.07. The highest BCUT2D eigenvalue weighted by Gasteiger charge is 2.23. The van der Waals surface area contributed by atoms with E-state index in [2.05, 4.69) is 15.3 Å². The Hall–Kier alpha value is -1.58. The molecule has 0 amide bonds. The van der Waals surface area contributed by atoms with Crippen LogP contribution in [0.2, 0.25) is 0 Å². The zero-order chi connectivity index (χ0) is 12.3. The average Bonchev–Trinajstić information content (AvgIpc) is 3.11. The average molecular weight is 248 g/mol. The van der Waals surface area contributed by atoms with E-state index in [4.69, 9.17) is 5.26 Å². The summed E-state index contributed by atoms with van der Waals surface area (Å²) >= 11 is -1.20. The summed E-state index contributed by atoms with van der Waals surface area (Å²) < 4.78 is 11.3. The second kappa shape index (κ2) is 5.17. The highest BCUT2D eigenvalue weighted by molar-refractivity contribution is 7.90. The van der Waals surface area contributed by atoms with Crippen molar-refractivity contribution in [3.05, 3.63) is 17.8 Å². The number of anilines is 1. The molecule has 0 bridgehead atoms. The van der Waals surface area contributed by atoms with Crippen LogP contribution in [0.4, 0.5) is 5.82 Å². The van der Waals surface area contributed by atoms with Crippen LogP contribution in [0.3, 0.4) is 0 Å². The Balaban J connectivity index is 2.29. The molecular weight excluding hydrogens is 236 g/mol. The first kappa shape index (κ1) is 11.9. The second-order valence-electron chi connectivity index (χ2n) is 3.79. The van der Waals surface area contributed by atoms with Crippen LogP contribution in [0.5, 0.6) is 0 Å². The smallest absolute Gasteiger partial charge is 0.344 e. The van der Waals surface area contributed by atoms with Crippen LogP contribution < -0.4 is 5.32 Å². The standard InChI is InChI=1S/C11H12N4OS/c1-17(16)11-13-7-8(3-2-6-12)10(15-11)14-9-4-5-9/h2-3,7,9H,4-5H2,1H3,(H,13,14,15)/b3-2+. The number of hydrogen-bond donors (Lipinski definition) is 1. The number of aromatic nitrogens is 2. The van der Waals surface area contributed by atoms with Crippen molar-refractivity contribution in [3.63, 3.8) is 0 Å². The summed E-state index contributed by atoms with van der Waals surface area (Å²) in [7, 11) is 0. The van der Waals surface area contributed by atoms with E-state index in [1.54, 1.807) is 18.5 Å². The largest absolute Gasteiger partial charge is 0.609 e. The molecule has 5 nitrogen and oxygen atoms in total. The van der Waals surface area contributed by atoms with Crippen LogP contribution in [0.15, 0.2) is 17.4 Å². The van der Waals surface area contributed by atoms with E-state index in [1.165, 1.54) is 6.08 Å². The van der Waals surface area contributed by atoms with E-state index in [0.29, 0.717) is 17.0 Å². The lowest BCUT2D eigenvalue weighted by Crippen LogP contribution is -2.10. The monoisotopic (exact) mass is 248 g/mol. The van der Waals surface area contributed by atoms with Gasteiger partial charge in [-0.3, -0.25) is 0 Å². The van der Waals surface area contributed by atoms with Gasteiger partial charge < -0.3 is 9.87 Å². The third kappa shape index (κ3) is 3.19. The van der Waals surface area contributed by atoms with Gasteiger partial charge in [0.05, 0.1) is 6.07 Å². The van der Waals surface area contributed by atoms with Crippen LogP contribution in [0.1, 0.15) is 18.4 Å². The molecule has 1 unspecified atom stereocenters. The van der Waals surface area contributed by atoms with Gasteiger partial charge in [0.15, 0.2) is 0 Å². The molecule has 0 radical (unpaired) electrons. The van der Waals surface area contributed by atoms with Gasteiger partial charge in [-0.2, -0.15) is 15.2 Å². The Morgan fingerprint density at radius 1 is 1.65 bits per heavy atom. The molecule has 1 saturated carbocycles. The van der Waals surface area contributed by atoms with Crippen LogP contribution in [0.25, 0.3) is 6.08 Å². The van der Waals surface area contributed by atoms with Gasteiger partial charge in [-0.15, -0.1) is 0 Å². The predicted molar refractivity (Wildman–Crippen MR) is 65.7 cm³/mol.